The molecule has 7 nitrogen and oxygen atoms in total. The van der Waals surface area contributed by atoms with Gasteiger partial charge in [-0.1, -0.05) is 6.07 Å². The maximum Gasteiger partial charge on any atom is 0.326 e. The van der Waals surface area contributed by atoms with Crippen LogP contribution in [0.4, 0.5) is 4.79 Å². The van der Waals surface area contributed by atoms with Crippen LogP contribution in [0, 0.1) is 0 Å². The van der Waals surface area contributed by atoms with Crippen LogP contribution >= 0.6 is 0 Å². The second-order valence-corrected chi connectivity index (χ2v) is 5.10. The Morgan fingerprint density at radius 2 is 2.33 bits per heavy atom. The van der Waals surface area contributed by atoms with Crippen LogP contribution in [0.3, 0.4) is 0 Å². The van der Waals surface area contributed by atoms with E-state index in [0.29, 0.717) is 19.5 Å². The van der Waals surface area contributed by atoms with Crippen LogP contribution in [0.1, 0.15) is 12.0 Å². The predicted molar refractivity (Wildman–Crippen MR) is 74.6 cm³/mol. The maximum atomic E-state index is 12.4. The summed E-state index contributed by atoms with van der Waals surface area (Å²) >= 11 is 0. The first-order valence-electron chi connectivity index (χ1n) is 6.69. The van der Waals surface area contributed by atoms with Gasteiger partial charge in [-0.2, -0.15) is 0 Å². The molecule has 2 heterocycles. The number of carbonyl (C=O) groups excluding carboxylic acids is 1. The third kappa shape index (κ3) is 3.49. The van der Waals surface area contributed by atoms with E-state index in [0.717, 1.165) is 5.56 Å². The van der Waals surface area contributed by atoms with Crippen molar-refractivity contribution in [2.45, 2.75) is 25.1 Å². The molecule has 7 heteroatoms. The van der Waals surface area contributed by atoms with E-state index in [1.165, 1.54) is 16.9 Å². The van der Waals surface area contributed by atoms with E-state index in [9.17, 15) is 14.7 Å². The average molecular weight is 293 g/mol. The smallest absolute Gasteiger partial charge is 0.326 e. The van der Waals surface area contributed by atoms with Crippen molar-refractivity contribution in [2.75, 3.05) is 20.7 Å². The molecular formula is C14H19N3O4. The van der Waals surface area contributed by atoms with Gasteiger partial charge >= 0.3 is 12.0 Å². The number of ether oxygens (including phenoxy) is 1. The van der Waals surface area contributed by atoms with E-state index >= 15 is 0 Å². The third-order valence-corrected chi connectivity index (χ3v) is 3.60. The Morgan fingerprint density at radius 3 is 2.90 bits per heavy atom. The Hall–Kier alpha value is -2.15. The molecule has 1 fully saturated rings. The number of likely N-dealkylation sites (tertiary alicyclic amines) is 1. The van der Waals surface area contributed by atoms with Gasteiger partial charge in [-0.15, -0.1) is 0 Å². The zero-order valence-electron chi connectivity index (χ0n) is 12.1. The monoisotopic (exact) mass is 293 g/mol. The fourth-order valence-electron chi connectivity index (χ4n) is 2.47. The Morgan fingerprint density at radius 1 is 1.57 bits per heavy atom. The molecule has 1 N–H and O–H groups in total. The Balaban J connectivity index is 2.05. The number of hydrogen-bond donors (Lipinski definition) is 1. The largest absolute Gasteiger partial charge is 0.480 e. The van der Waals surface area contributed by atoms with Crippen molar-refractivity contribution >= 4 is 12.0 Å². The zero-order valence-corrected chi connectivity index (χ0v) is 12.1. The number of urea groups is 1. The van der Waals surface area contributed by atoms with Gasteiger partial charge in [0.05, 0.1) is 6.10 Å². The lowest BCUT2D eigenvalue weighted by Gasteiger charge is -2.27. The predicted octanol–water partition coefficient (Wildman–Crippen LogP) is 0.807. The molecule has 0 saturated carbocycles. The molecule has 1 aromatic heterocycles. The Bertz CT molecular complexity index is 508. The quantitative estimate of drug-likeness (QED) is 0.888. The summed E-state index contributed by atoms with van der Waals surface area (Å²) in [5.41, 5.74) is 0.891. The lowest BCUT2D eigenvalue weighted by molar-refractivity contribution is -0.141. The maximum absolute atomic E-state index is 12.4. The topological polar surface area (TPSA) is 83.0 Å². The van der Waals surface area contributed by atoms with Gasteiger partial charge in [-0.3, -0.25) is 4.98 Å². The highest BCUT2D eigenvalue weighted by Gasteiger charge is 2.40. The highest BCUT2D eigenvalue weighted by Crippen LogP contribution is 2.22. The van der Waals surface area contributed by atoms with E-state index in [2.05, 4.69) is 4.98 Å². The number of pyridine rings is 1. The molecule has 1 aromatic rings. The van der Waals surface area contributed by atoms with Crippen molar-refractivity contribution in [3.63, 3.8) is 0 Å². The van der Waals surface area contributed by atoms with E-state index < -0.39 is 12.0 Å². The standard InChI is InChI=1S/C14H19N3O4/c1-16(8-10-4-3-5-15-7-10)14(20)17-9-11(21-2)6-12(17)13(18)19/h3-5,7,11-12H,6,8-9H2,1-2H3,(H,18,19). The van der Waals surface area contributed by atoms with E-state index in [-0.39, 0.29) is 12.1 Å². The summed E-state index contributed by atoms with van der Waals surface area (Å²) in [6.45, 7) is 0.677. The molecule has 2 unspecified atom stereocenters. The van der Waals surface area contributed by atoms with Gasteiger partial charge in [0.15, 0.2) is 0 Å². The summed E-state index contributed by atoms with van der Waals surface area (Å²) in [6, 6.07) is 2.52. The number of nitrogens with zero attached hydrogens (tertiary/aromatic N) is 3. The van der Waals surface area contributed by atoms with Gasteiger partial charge in [0.1, 0.15) is 6.04 Å². The van der Waals surface area contributed by atoms with Gasteiger partial charge in [-0.05, 0) is 11.6 Å². The Kier molecular flexibility index (Phi) is 4.74. The van der Waals surface area contributed by atoms with Gasteiger partial charge in [0.2, 0.25) is 0 Å². The van der Waals surface area contributed by atoms with Crippen LogP contribution in [0.2, 0.25) is 0 Å². The molecule has 0 radical (unpaired) electrons. The summed E-state index contributed by atoms with van der Waals surface area (Å²) in [5.74, 6) is -1.00. The van der Waals surface area contributed by atoms with Crippen molar-refractivity contribution < 1.29 is 19.4 Å². The van der Waals surface area contributed by atoms with Crippen molar-refractivity contribution in [3.05, 3.63) is 30.1 Å². The fraction of sp³-hybridized carbons (Fsp3) is 0.500. The summed E-state index contributed by atoms with van der Waals surface area (Å²) in [6.07, 6.45) is 3.43. The van der Waals surface area contributed by atoms with Crippen molar-refractivity contribution in [3.8, 4) is 0 Å². The van der Waals surface area contributed by atoms with E-state index in [1.54, 1.807) is 25.5 Å². The molecule has 0 spiro atoms. The highest BCUT2D eigenvalue weighted by molar-refractivity contribution is 5.83. The zero-order chi connectivity index (χ0) is 15.4. The number of carbonyl (C=O) groups is 2. The lowest BCUT2D eigenvalue weighted by atomic mass is 10.2. The van der Waals surface area contributed by atoms with Crippen molar-refractivity contribution in [2.24, 2.45) is 0 Å². The number of hydrogen-bond acceptors (Lipinski definition) is 4. The van der Waals surface area contributed by atoms with Crippen molar-refractivity contribution in [1.82, 2.24) is 14.8 Å². The van der Waals surface area contributed by atoms with Gasteiger partial charge in [0.25, 0.3) is 0 Å². The number of rotatable bonds is 4. The van der Waals surface area contributed by atoms with Crippen molar-refractivity contribution in [1.29, 1.82) is 0 Å². The minimum absolute atomic E-state index is 0.234. The molecule has 1 saturated heterocycles. The second-order valence-electron chi connectivity index (χ2n) is 5.10. The van der Waals surface area contributed by atoms with Crippen LogP contribution in [-0.2, 0) is 16.1 Å². The van der Waals surface area contributed by atoms with Crippen LogP contribution in [0.5, 0.6) is 0 Å². The molecule has 1 aliphatic rings. The molecule has 1 aliphatic heterocycles. The van der Waals surface area contributed by atoms with Gasteiger partial charge < -0.3 is 19.6 Å². The van der Waals surface area contributed by atoms with E-state index in [4.69, 9.17) is 4.74 Å². The molecular weight excluding hydrogens is 274 g/mol. The van der Waals surface area contributed by atoms with Crippen LogP contribution < -0.4 is 0 Å². The highest BCUT2D eigenvalue weighted by atomic mass is 16.5. The van der Waals surface area contributed by atoms with Crippen LogP contribution in [0.25, 0.3) is 0 Å². The summed E-state index contributed by atoms with van der Waals surface area (Å²) < 4.78 is 5.18. The number of amides is 2. The summed E-state index contributed by atoms with van der Waals surface area (Å²) in [7, 11) is 3.17. The number of carboxylic acid groups (broad SMARTS) is 1. The summed E-state index contributed by atoms with van der Waals surface area (Å²) in [4.78, 5) is 30.6. The molecule has 0 bridgehead atoms. The molecule has 0 aromatic carbocycles. The molecule has 21 heavy (non-hydrogen) atoms. The fourth-order valence-corrected chi connectivity index (χ4v) is 2.47. The minimum atomic E-state index is -1.00. The molecule has 0 aliphatic carbocycles. The summed E-state index contributed by atoms with van der Waals surface area (Å²) in [5, 5.41) is 9.24. The van der Waals surface area contributed by atoms with Gasteiger partial charge in [-0.25, -0.2) is 9.59 Å². The molecule has 114 valence electrons. The SMILES string of the molecule is COC1CC(C(=O)O)N(C(=O)N(C)Cc2cccnc2)C1. The molecule has 2 amide bonds. The molecule has 2 rings (SSSR count). The third-order valence-electron chi connectivity index (χ3n) is 3.60. The minimum Gasteiger partial charge on any atom is -0.480 e. The second kappa shape index (κ2) is 6.53. The van der Waals surface area contributed by atoms with Gasteiger partial charge in [0, 0.05) is 46.1 Å². The lowest BCUT2D eigenvalue weighted by Crippen LogP contribution is -2.46. The molecule has 2 atom stereocenters. The first-order valence-corrected chi connectivity index (χ1v) is 6.69. The number of aliphatic carboxylic acids is 1. The first kappa shape index (κ1) is 15.2. The average Bonchev–Trinajstić information content (AvgIpc) is 2.92. The van der Waals surface area contributed by atoms with E-state index in [1.807, 2.05) is 6.07 Å². The first-order chi connectivity index (χ1) is 10.0. The number of carboxylic acids is 1. The number of aromatic nitrogens is 1. The normalized spacial score (nSPS) is 21.3. The Labute approximate surface area is 123 Å². The van der Waals surface area contributed by atoms with Crippen LogP contribution in [-0.4, -0.2) is 64.7 Å². The van der Waals surface area contributed by atoms with Crippen LogP contribution in [0.15, 0.2) is 24.5 Å². The number of methoxy groups -OCH3 is 1.